The summed E-state index contributed by atoms with van der Waals surface area (Å²) in [7, 11) is 0. The minimum absolute atomic E-state index is 0.252. The predicted octanol–water partition coefficient (Wildman–Crippen LogP) is 3.12. The predicted molar refractivity (Wildman–Crippen MR) is 64.1 cm³/mol. The van der Waals surface area contributed by atoms with E-state index in [0.717, 1.165) is 29.5 Å². The second kappa shape index (κ2) is 6.45. The number of carbonyl (C=O) groups is 1. The van der Waals surface area contributed by atoms with Crippen LogP contribution < -0.4 is 5.32 Å². The van der Waals surface area contributed by atoms with Crippen LogP contribution >= 0.6 is 15.9 Å². The Morgan fingerprint density at radius 3 is 2.53 bits per heavy atom. The summed E-state index contributed by atoms with van der Waals surface area (Å²) in [4.78, 5) is 10.2. The molecule has 0 amide bonds. The number of hydrogen-bond acceptors (Lipinski definition) is 2. The van der Waals surface area contributed by atoms with Gasteiger partial charge in [-0.15, -0.1) is 0 Å². The van der Waals surface area contributed by atoms with Gasteiger partial charge >= 0.3 is 5.97 Å². The molecule has 0 aliphatic heterocycles. The lowest BCUT2D eigenvalue weighted by Crippen LogP contribution is -2.02. The third-order valence-corrected chi connectivity index (χ3v) is 2.52. The number of nitrogens with one attached hydrogen (secondary N) is 1. The quantitative estimate of drug-likeness (QED) is 0.782. The average molecular weight is 272 g/mol. The highest BCUT2D eigenvalue weighted by atomic mass is 79.9. The monoisotopic (exact) mass is 271 g/mol. The molecule has 0 saturated heterocycles. The molecule has 0 radical (unpaired) electrons. The molecule has 1 aromatic carbocycles. The van der Waals surface area contributed by atoms with Crippen LogP contribution in [0.25, 0.3) is 0 Å². The van der Waals surface area contributed by atoms with Gasteiger partial charge in [0.15, 0.2) is 0 Å². The Morgan fingerprint density at radius 1 is 1.27 bits per heavy atom. The number of halogens is 1. The molecule has 82 valence electrons. The van der Waals surface area contributed by atoms with Gasteiger partial charge in [-0.1, -0.05) is 15.9 Å². The zero-order chi connectivity index (χ0) is 11.1. The van der Waals surface area contributed by atoms with E-state index in [2.05, 4.69) is 21.2 Å². The average Bonchev–Trinajstić information content (AvgIpc) is 2.20. The fourth-order valence-electron chi connectivity index (χ4n) is 1.20. The summed E-state index contributed by atoms with van der Waals surface area (Å²) in [5, 5.41) is 11.7. The maximum atomic E-state index is 10.2. The molecule has 0 bridgehead atoms. The lowest BCUT2D eigenvalue weighted by molar-refractivity contribution is -0.137. The first-order valence-electron chi connectivity index (χ1n) is 4.90. The van der Waals surface area contributed by atoms with Crippen LogP contribution in [0.3, 0.4) is 0 Å². The molecule has 0 aliphatic carbocycles. The van der Waals surface area contributed by atoms with Gasteiger partial charge in [-0.25, -0.2) is 0 Å². The first kappa shape index (κ1) is 12.0. The minimum Gasteiger partial charge on any atom is -0.481 e. The van der Waals surface area contributed by atoms with Crippen molar-refractivity contribution >= 4 is 27.6 Å². The first-order chi connectivity index (χ1) is 7.18. The SMILES string of the molecule is O=C(O)CCCCNc1ccc(Br)cc1. The lowest BCUT2D eigenvalue weighted by atomic mass is 10.2. The van der Waals surface area contributed by atoms with Crippen LogP contribution in [0, 0.1) is 0 Å². The molecule has 1 rings (SSSR count). The maximum absolute atomic E-state index is 10.2. The highest BCUT2D eigenvalue weighted by molar-refractivity contribution is 9.10. The van der Waals surface area contributed by atoms with Crippen LogP contribution in [0.1, 0.15) is 19.3 Å². The summed E-state index contributed by atoms with van der Waals surface area (Å²) in [6.07, 6.45) is 1.85. The molecule has 0 aliphatic rings. The third kappa shape index (κ3) is 5.42. The third-order valence-electron chi connectivity index (χ3n) is 1.99. The Kier molecular flexibility index (Phi) is 5.18. The fraction of sp³-hybridized carbons (Fsp3) is 0.364. The van der Waals surface area contributed by atoms with E-state index in [-0.39, 0.29) is 6.42 Å². The van der Waals surface area contributed by atoms with Crippen molar-refractivity contribution in [3.8, 4) is 0 Å². The van der Waals surface area contributed by atoms with E-state index in [0.29, 0.717) is 0 Å². The van der Waals surface area contributed by atoms with Gasteiger partial charge < -0.3 is 10.4 Å². The summed E-state index contributed by atoms with van der Waals surface area (Å²) in [6, 6.07) is 7.92. The normalized spacial score (nSPS) is 9.93. The van der Waals surface area contributed by atoms with Crippen molar-refractivity contribution in [1.29, 1.82) is 0 Å². The first-order valence-corrected chi connectivity index (χ1v) is 5.69. The molecule has 3 nitrogen and oxygen atoms in total. The number of carboxylic acids is 1. The van der Waals surface area contributed by atoms with Crippen molar-refractivity contribution in [1.82, 2.24) is 0 Å². The topological polar surface area (TPSA) is 49.3 Å². The second-order valence-corrected chi connectivity index (χ2v) is 4.20. The molecule has 15 heavy (non-hydrogen) atoms. The summed E-state index contributed by atoms with van der Waals surface area (Å²) >= 11 is 3.36. The number of anilines is 1. The number of benzene rings is 1. The zero-order valence-corrected chi connectivity index (χ0v) is 9.96. The van der Waals surface area contributed by atoms with Gasteiger partial charge in [0.1, 0.15) is 0 Å². The summed E-state index contributed by atoms with van der Waals surface area (Å²) in [6.45, 7) is 0.814. The van der Waals surface area contributed by atoms with Crippen molar-refractivity contribution in [2.75, 3.05) is 11.9 Å². The van der Waals surface area contributed by atoms with Gasteiger partial charge in [-0.05, 0) is 37.1 Å². The van der Waals surface area contributed by atoms with Crippen molar-refractivity contribution in [3.63, 3.8) is 0 Å². The van der Waals surface area contributed by atoms with Crippen LogP contribution in [-0.2, 0) is 4.79 Å². The highest BCUT2D eigenvalue weighted by Crippen LogP contribution is 2.14. The Bertz CT molecular complexity index is 311. The van der Waals surface area contributed by atoms with Crippen LogP contribution in [0.4, 0.5) is 5.69 Å². The van der Waals surface area contributed by atoms with Gasteiger partial charge in [-0.2, -0.15) is 0 Å². The molecule has 2 N–H and O–H groups in total. The molecule has 0 fully saturated rings. The van der Waals surface area contributed by atoms with Crippen LogP contribution in [-0.4, -0.2) is 17.6 Å². The highest BCUT2D eigenvalue weighted by Gasteiger charge is 1.96. The van der Waals surface area contributed by atoms with E-state index in [9.17, 15) is 4.79 Å². The molecule has 0 unspecified atom stereocenters. The van der Waals surface area contributed by atoms with Crippen molar-refractivity contribution in [2.45, 2.75) is 19.3 Å². The van der Waals surface area contributed by atoms with Crippen LogP contribution in [0.2, 0.25) is 0 Å². The van der Waals surface area contributed by atoms with E-state index < -0.39 is 5.97 Å². The van der Waals surface area contributed by atoms with E-state index in [1.165, 1.54) is 0 Å². The van der Waals surface area contributed by atoms with Gasteiger partial charge in [0, 0.05) is 23.1 Å². The van der Waals surface area contributed by atoms with E-state index >= 15 is 0 Å². The molecule has 4 heteroatoms. The standard InChI is InChI=1S/C11H14BrNO2/c12-9-4-6-10(7-5-9)13-8-2-1-3-11(14)15/h4-7,13H,1-3,8H2,(H,14,15). The van der Waals surface area contributed by atoms with Gasteiger partial charge in [0.2, 0.25) is 0 Å². The van der Waals surface area contributed by atoms with E-state index in [1.54, 1.807) is 0 Å². The Morgan fingerprint density at radius 2 is 1.93 bits per heavy atom. The second-order valence-electron chi connectivity index (χ2n) is 3.28. The lowest BCUT2D eigenvalue weighted by Gasteiger charge is -2.05. The van der Waals surface area contributed by atoms with Gasteiger partial charge in [-0.3, -0.25) is 4.79 Å². The number of hydrogen-bond donors (Lipinski definition) is 2. The van der Waals surface area contributed by atoms with Crippen LogP contribution in [0.15, 0.2) is 28.7 Å². The molecule has 0 atom stereocenters. The molecule has 0 aromatic heterocycles. The van der Waals surface area contributed by atoms with Crippen molar-refractivity contribution < 1.29 is 9.90 Å². The number of rotatable bonds is 6. The maximum Gasteiger partial charge on any atom is 0.303 e. The molecular formula is C11H14BrNO2. The molecule has 1 aromatic rings. The van der Waals surface area contributed by atoms with Crippen molar-refractivity contribution in [2.24, 2.45) is 0 Å². The number of unbranched alkanes of at least 4 members (excludes halogenated alkanes) is 1. The summed E-state index contributed by atoms with van der Waals surface area (Å²) < 4.78 is 1.05. The smallest absolute Gasteiger partial charge is 0.303 e. The number of carboxylic acid groups (broad SMARTS) is 1. The number of aliphatic carboxylic acids is 1. The largest absolute Gasteiger partial charge is 0.481 e. The summed E-state index contributed by atoms with van der Waals surface area (Å²) in [5.41, 5.74) is 1.06. The van der Waals surface area contributed by atoms with E-state index in [4.69, 9.17) is 5.11 Å². The van der Waals surface area contributed by atoms with Gasteiger partial charge in [0.25, 0.3) is 0 Å². The Labute approximate surface area is 97.6 Å². The van der Waals surface area contributed by atoms with Crippen LogP contribution in [0.5, 0.6) is 0 Å². The molecular weight excluding hydrogens is 258 g/mol. The Hall–Kier alpha value is -1.03. The fourth-order valence-corrected chi connectivity index (χ4v) is 1.47. The minimum atomic E-state index is -0.723. The molecule has 0 spiro atoms. The van der Waals surface area contributed by atoms with Crippen molar-refractivity contribution in [3.05, 3.63) is 28.7 Å². The van der Waals surface area contributed by atoms with E-state index in [1.807, 2.05) is 24.3 Å². The summed E-state index contributed by atoms with van der Waals surface area (Å²) in [5.74, 6) is -0.723. The molecule has 0 saturated carbocycles. The Balaban J connectivity index is 2.15. The van der Waals surface area contributed by atoms with Gasteiger partial charge in [0.05, 0.1) is 0 Å². The zero-order valence-electron chi connectivity index (χ0n) is 8.37. The molecule has 0 heterocycles.